The maximum absolute atomic E-state index is 13.2. The van der Waals surface area contributed by atoms with Crippen LogP contribution in [0.15, 0.2) is 53.3 Å². The number of aromatic amines is 1. The highest BCUT2D eigenvalue weighted by atomic mass is 19.1. The lowest BCUT2D eigenvalue weighted by Crippen LogP contribution is -2.17. The van der Waals surface area contributed by atoms with Gasteiger partial charge in [-0.1, -0.05) is 0 Å². The van der Waals surface area contributed by atoms with Gasteiger partial charge in [0.1, 0.15) is 5.82 Å². The normalized spacial score (nSPS) is 10.7. The third kappa shape index (κ3) is 4.03. The summed E-state index contributed by atoms with van der Waals surface area (Å²) in [6.45, 7) is 1.48. The standard InChI is InChI=1S/C20H17FN2O3/c1-12(24)13-3-7-17(8-4-13)22-19(25)9-5-15-10-14-2-6-16(21)11-18(14)23-20(15)26/h2-4,6-8,10-11H,5,9H2,1H3,(H,22,25)(H,23,26). The Morgan fingerprint density at radius 3 is 2.50 bits per heavy atom. The van der Waals surface area contributed by atoms with E-state index in [9.17, 15) is 18.8 Å². The average molecular weight is 352 g/mol. The zero-order valence-electron chi connectivity index (χ0n) is 14.1. The summed E-state index contributed by atoms with van der Waals surface area (Å²) in [5.41, 5.74) is 1.71. The first-order chi connectivity index (χ1) is 12.4. The highest BCUT2D eigenvalue weighted by Gasteiger charge is 2.08. The molecule has 0 unspecified atom stereocenters. The van der Waals surface area contributed by atoms with Gasteiger partial charge in [0, 0.05) is 23.2 Å². The molecule has 1 amide bonds. The van der Waals surface area contributed by atoms with Crippen LogP contribution >= 0.6 is 0 Å². The number of Topliss-reactive ketones (excluding diaryl/α,β-unsaturated/α-hetero) is 1. The molecule has 6 heteroatoms. The van der Waals surface area contributed by atoms with Gasteiger partial charge >= 0.3 is 0 Å². The van der Waals surface area contributed by atoms with Crippen LogP contribution in [0.1, 0.15) is 29.3 Å². The Morgan fingerprint density at radius 1 is 1.08 bits per heavy atom. The van der Waals surface area contributed by atoms with Crippen LogP contribution in [-0.4, -0.2) is 16.7 Å². The third-order valence-electron chi connectivity index (χ3n) is 4.08. The van der Waals surface area contributed by atoms with Gasteiger partial charge in [0.25, 0.3) is 5.56 Å². The molecule has 0 radical (unpaired) electrons. The van der Waals surface area contributed by atoms with Gasteiger partial charge in [0.15, 0.2) is 5.78 Å². The van der Waals surface area contributed by atoms with Gasteiger partial charge in [-0.25, -0.2) is 4.39 Å². The zero-order chi connectivity index (χ0) is 18.7. The number of hydrogen-bond donors (Lipinski definition) is 2. The maximum atomic E-state index is 13.2. The van der Waals surface area contributed by atoms with E-state index < -0.39 is 5.82 Å². The highest BCUT2D eigenvalue weighted by Crippen LogP contribution is 2.14. The molecule has 5 nitrogen and oxygen atoms in total. The number of hydrogen-bond acceptors (Lipinski definition) is 3. The largest absolute Gasteiger partial charge is 0.326 e. The predicted molar refractivity (Wildman–Crippen MR) is 97.9 cm³/mol. The SMILES string of the molecule is CC(=O)c1ccc(NC(=O)CCc2cc3ccc(F)cc3[nH]c2=O)cc1. The number of anilines is 1. The number of amides is 1. The molecule has 132 valence electrons. The molecule has 0 spiro atoms. The molecule has 3 aromatic rings. The summed E-state index contributed by atoms with van der Waals surface area (Å²) >= 11 is 0. The fourth-order valence-electron chi connectivity index (χ4n) is 2.66. The molecule has 0 saturated heterocycles. The predicted octanol–water partition coefficient (Wildman–Crippen LogP) is 3.44. The summed E-state index contributed by atoms with van der Waals surface area (Å²) in [7, 11) is 0. The smallest absolute Gasteiger partial charge is 0.251 e. The number of halogens is 1. The van der Waals surface area contributed by atoms with Gasteiger partial charge in [-0.3, -0.25) is 14.4 Å². The summed E-state index contributed by atoms with van der Waals surface area (Å²) in [6.07, 6.45) is 0.393. The summed E-state index contributed by atoms with van der Waals surface area (Å²) in [5, 5.41) is 3.44. The van der Waals surface area contributed by atoms with Crippen molar-refractivity contribution in [3.63, 3.8) is 0 Å². The molecule has 0 fully saturated rings. The molecule has 1 aromatic heterocycles. The van der Waals surface area contributed by atoms with Gasteiger partial charge < -0.3 is 10.3 Å². The lowest BCUT2D eigenvalue weighted by atomic mass is 10.1. The minimum atomic E-state index is -0.420. The Labute approximate surface area is 148 Å². The van der Waals surface area contributed by atoms with Gasteiger partial charge in [-0.15, -0.1) is 0 Å². The number of fused-ring (bicyclic) bond motifs is 1. The number of ketones is 1. The number of H-pyrrole nitrogens is 1. The van der Waals surface area contributed by atoms with Crippen molar-refractivity contribution in [1.82, 2.24) is 4.98 Å². The van der Waals surface area contributed by atoms with Crippen LogP contribution < -0.4 is 10.9 Å². The first kappa shape index (κ1) is 17.5. The lowest BCUT2D eigenvalue weighted by Gasteiger charge is -2.06. The maximum Gasteiger partial charge on any atom is 0.251 e. The van der Waals surface area contributed by atoms with E-state index in [1.165, 1.54) is 19.1 Å². The van der Waals surface area contributed by atoms with E-state index in [-0.39, 0.29) is 30.1 Å². The lowest BCUT2D eigenvalue weighted by molar-refractivity contribution is -0.116. The summed E-state index contributed by atoms with van der Waals surface area (Å²) < 4.78 is 13.2. The topological polar surface area (TPSA) is 79.0 Å². The van der Waals surface area contributed by atoms with Crippen LogP contribution in [0.3, 0.4) is 0 Å². The first-order valence-corrected chi connectivity index (χ1v) is 8.15. The quantitative estimate of drug-likeness (QED) is 0.691. The van der Waals surface area contributed by atoms with Crippen molar-refractivity contribution in [3.8, 4) is 0 Å². The van der Waals surface area contributed by atoms with Crippen molar-refractivity contribution < 1.29 is 14.0 Å². The van der Waals surface area contributed by atoms with Crippen molar-refractivity contribution in [1.29, 1.82) is 0 Å². The Bertz CT molecular complexity index is 1040. The number of rotatable bonds is 5. The Morgan fingerprint density at radius 2 is 1.81 bits per heavy atom. The molecule has 2 aromatic carbocycles. The van der Waals surface area contributed by atoms with Crippen LogP contribution in [0.5, 0.6) is 0 Å². The van der Waals surface area contributed by atoms with Crippen molar-refractivity contribution in [2.75, 3.05) is 5.32 Å². The molecule has 3 rings (SSSR count). The first-order valence-electron chi connectivity index (χ1n) is 8.15. The average Bonchev–Trinajstić information content (AvgIpc) is 2.60. The second kappa shape index (κ2) is 7.31. The number of carbonyl (C=O) groups is 2. The van der Waals surface area contributed by atoms with Crippen molar-refractivity contribution in [2.24, 2.45) is 0 Å². The van der Waals surface area contributed by atoms with Crippen molar-refractivity contribution >= 4 is 28.3 Å². The van der Waals surface area contributed by atoms with Crippen LogP contribution in [0, 0.1) is 5.82 Å². The number of aromatic nitrogens is 1. The number of aryl methyl sites for hydroxylation is 1. The molecule has 26 heavy (non-hydrogen) atoms. The van der Waals surface area contributed by atoms with E-state index in [1.807, 2.05) is 0 Å². The number of pyridine rings is 1. The summed E-state index contributed by atoms with van der Waals surface area (Å²) in [6, 6.07) is 12.4. The second-order valence-electron chi connectivity index (χ2n) is 6.04. The van der Waals surface area contributed by atoms with Gasteiger partial charge in [0.05, 0.1) is 5.52 Å². The third-order valence-corrected chi connectivity index (χ3v) is 4.08. The molecule has 0 aliphatic rings. The fourth-order valence-corrected chi connectivity index (χ4v) is 2.66. The molecule has 0 atom stereocenters. The minimum Gasteiger partial charge on any atom is -0.326 e. The Hall–Kier alpha value is -3.28. The molecular formula is C20H17FN2O3. The van der Waals surface area contributed by atoms with Crippen molar-refractivity contribution in [2.45, 2.75) is 19.8 Å². The fraction of sp³-hybridized carbons (Fsp3) is 0.150. The molecule has 0 aliphatic heterocycles. The van der Waals surface area contributed by atoms with Gasteiger partial charge in [0.2, 0.25) is 5.91 Å². The Balaban J connectivity index is 1.66. The molecule has 2 N–H and O–H groups in total. The number of benzene rings is 2. The van der Waals surface area contributed by atoms with E-state index in [1.54, 1.807) is 36.4 Å². The van der Waals surface area contributed by atoms with E-state index in [0.29, 0.717) is 27.7 Å². The summed E-state index contributed by atoms with van der Waals surface area (Å²) in [5.74, 6) is -0.700. The van der Waals surface area contributed by atoms with Gasteiger partial charge in [-0.05, 0) is 67.3 Å². The number of carbonyl (C=O) groups excluding carboxylic acids is 2. The van der Waals surface area contributed by atoms with Crippen LogP contribution in [-0.2, 0) is 11.2 Å². The monoisotopic (exact) mass is 352 g/mol. The molecular weight excluding hydrogens is 335 g/mol. The van der Waals surface area contributed by atoms with Gasteiger partial charge in [-0.2, -0.15) is 0 Å². The highest BCUT2D eigenvalue weighted by molar-refractivity contribution is 5.95. The minimum absolute atomic E-state index is 0.0433. The zero-order valence-corrected chi connectivity index (χ0v) is 14.1. The van der Waals surface area contributed by atoms with E-state index >= 15 is 0 Å². The second-order valence-corrected chi connectivity index (χ2v) is 6.04. The number of nitrogens with one attached hydrogen (secondary N) is 2. The molecule has 1 heterocycles. The molecule has 0 aliphatic carbocycles. The van der Waals surface area contributed by atoms with Crippen LogP contribution in [0.25, 0.3) is 10.9 Å². The Kier molecular flexibility index (Phi) is 4.93. The van der Waals surface area contributed by atoms with Crippen LogP contribution in [0.4, 0.5) is 10.1 Å². The summed E-state index contributed by atoms with van der Waals surface area (Å²) in [4.78, 5) is 38.0. The molecule has 0 saturated carbocycles. The van der Waals surface area contributed by atoms with E-state index in [0.717, 1.165) is 0 Å². The van der Waals surface area contributed by atoms with E-state index in [4.69, 9.17) is 0 Å². The van der Waals surface area contributed by atoms with Crippen molar-refractivity contribution in [3.05, 3.63) is 75.8 Å². The molecule has 0 bridgehead atoms. The van der Waals surface area contributed by atoms with E-state index in [2.05, 4.69) is 10.3 Å². The van der Waals surface area contributed by atoms with Crippen LogP contribution in [0.2, 0.25) is 0 Å².